The summed E-state index contributed by atoms with van der Waals surface area (Å²) in [4.78, 5) is 11.7. The van der Waals surface area contributed by atoms with Gasteiger partial charge in [0.25, 0.3) is 0 Å². The molecule has 2 rings (SSSR count). The Morgan fingerprint density at radius 2 is 2.00 bits per heavy atom. The molecule has 0 saturated heterocycles. The van der Waals surface area contributed by atoms with Crippen LogP contribution in [0.25, 0.3) is 0 Å². The minimum absolute atomic E-state index is 0.167. The van der Waals surface area contributed by atoms with E-state index in [-0.39, 0.29) is 18.6 Å². The fraction of sp³-hybridized carbons (Fsp3) is 0.562. The summed E-state index contributed by atoms with van der Waals surface area (Å²) in [5, 5.41) is 13.3. The van der Waals surface area contributed by atoms with E-state index in [2.05, 4.69) is 5.32 Å². The average Bonchev–Trinajstić information content (AvgIpc) is 2.70. The summed E-state index contributed by atoms with van der Waals surface area (Å²) in [7, 11) is 0. The lowest BCUT2D eigenvalue weighted by molar-refractivity contribution is -0.0404. The lowest BCUT2D eigenvalue weighted by Gasteiger charge is -2.36. The normalized spacial score (nSPS) is 24.4. The van der Waals surface area contributed by atoms with Crippen molar-refractivity contribution >= 4 is 6.09 Å². The molecule has 1 aliphatic rings. The van der Waals surface area contributed by atoms with Gasteiger partial charge in [-0.25, -0.2) is 4.79 Å². The van der Waals surface area contributed by atoms with Gasteiger partial charge in [-0.15, -0.1) is 0 Å². The highest BCUT2D eigenvalue weighted by molar-refractivity contribution is 5.67. The third-order valence-corrected chi connectivity index (χ3v) is 4.39. The lowest BCUT2D eigenvalue weighted by atomic mass is 9.78. The van der Waals surface area contributed by atoms with Crippen LogP contribution < -0.4 is 5.32 Å². The number of carbonyl (C=O) groups is 1. The molecule has 1 aromatic rings. The molecule has 1 aromatic carbocycles. The van der Waals surface area contributed by atoms with E-state index in [4.69, 9.17) is 4.74 Å². The topological polar surface area (TPSA) is 58.6 Å². The molecular weight excluding hydrogens is 254 g/mol. The number of carbonyl (C=O) groups excluding carboxylic acids is 1. The van der Waals surface area contributed by atoms with Crippen LogP contribution in [0.4, 0.5) is 4.79 Å². The largest absolute Gasteiger partial charge is 0.445 e. The monoisotopic (exact) mass is 277 g/mol. The van der Waals surface area contributed by atoms with E-state index < -0.39 is 11.7 Å². The van der Waals surface area contributed by atoms with Crippen molar-refractivity contribution < 1.29 is 14.6 Å². The van der Waals surface area contributed by atoms with Gasteiger partial charge in [0.1, 0.15) is 6.61 Å². The first-order chi connectivity index (χ1) is 9.43. The van der Waals surface area contributed by atoms with Gasteiger partial charge >= 0.3 is 6.09 Å². The van der Waals surface area contributed by atoms with Gasteiger partial charge in [0.05, 0.1) is 12.1 Å². The molecule has 110 valence electrons. The average molecular weight is 277 g/mol. The van der Waals surface area contributed by atoms with Gasteiger partial charge in [-0.3, -0.25) is 0 Å². The maximum absolute atomic E-state index is 11.7. The molecule has 4 nitrogen and oxygen atoms in total. The molecule has 4 heteroatoms. The summed E-state index contributed by atoms with van der Waals surface area (Å²) in [6.45, 7) is 4.57. The third-order valence-electron chi connectivity index (χ3n) is 4.39. The highest BCUT2D eigenvalue weighted by Gasteiger charge is 2.47. The van der Waals surface area contributed by atoms with Gasteiger partial charge in [0.15, 0.2) is 0 Å². The summed E-state index contributed by atoms with van der Waals surface area (Å²) in [6.07, 6.45) is 2.21. The zero-order valence-electron chi connectivity index (χ0n) is 12.2. The Labute approximate surface area is 120 Å². The number of amides is 1. The maximum Gasteiger partial charge on any atom is 0.407 e. The van der Waals surface area contributed by atoms with Crippen LogP contribution in [0.1, 0.15) is 38.7 Å². The number of nitrogens with one attached hydrogen (secondary N) is 1. The Balaban J connectivity index is 1.78. The molecule has 1 unspecified atom stereocenters. The zero-order chi connectivity index (χ0) is 14.6. The zero-order valence-corrected chi connectivity index (χ0v) is 12.2. The molecule has 0 aromatic heterocycles. The predicted octanol–water partition coefficient (Wildman–Crippen LogP) is 2.85. The summed E-state index contributed by atoms with van der Waals surface area (Å²) < 4.78 is 5.14. The van der Waals surface area contributed by atoms with Crippen LogP contribution in [0.5, 0.6) is 0 Å². The Kier molecular flexibility index (Phi) is 4.33. The van der Waals surface area contributed by atoms with Crippen LogP contribution in [0.15, 0.2) is 30.3 Å². The second kappa shape index (κ2) is 5.83. The summed E-state index contributed by atoms with van der Waals surface area (Å²) in [6, 6.07) is 9.53. The van der Waals surface area contributed by atoms with E-state index in [1.165, 1.54) is 0 Å². The van der Waals surface area contributed by atoms with Gasteiger partial charge in [0, 0.05) is 0 Å². The van der Waals surface area contributed by atoms with E-state index in [1.807, 2.05) is 44.2 Å². The first-order valence-electron chi connectivity index (χ1n) is 7.10. The molecule has 0 heterocycles. The van der Waals surface area contributed by atoms with Crippen molar-refractivity contribution in [1.82, 2.24) is 5.32 Å². The molecular formula is C16H23NO3. The molecule has 1 aliphatic carbocycles. The van der Waals surface area contributed by atoms with Gasteiger partial charge in [-0.1, -0.05) is 44.2 Å². The number of ether oxygens (including phenoxy) is 1. The van der Waals surface area contributed by atoms with Gasteiger partial charge < -0.3 is 15.2 Å². The minimum atomic E-state index is -0.835. The fourth-order valence-corrected chi connectivity index (χ4v) is 2.71. The van der Waals surface area contributed by atoms with Crippen molar-refractivity contribution in [2.24, 2.45) is 5.41 Å². The van der Waals surface area contributed by atoms with Crippen molar-refractivity contribution in [3.05, 3.63) is 35.9 Å². The number of aliphatic hydroxyl groups is 1. The number of benzene rings is 1. The quantitative estimate of drug-likeness (QED) is 0.889. The second-order valence-electron chi connectivity index (χ2n) is 6.18. The number of rotatable bonds is 4. The van der Waals surface area contributed by atoms with Crippen LogP contribution in [-0.4, -0.2) is 23.3 Å². The lowest BCUT2D eigenvalue weighted by Crippen LogP contribution is -2.49. The molecule has 1 atom stereocenters. The van der Waals surface area contributed by atoms with Crippen LogP contribution >= 0.6 is 0 Å². The highest BCUT2D eigenvalue weighted by Crippen LogP contribution is 2.45. The molecule has 2 N–H and O–H groups in total. The van der Waals surface area contributed by atoms with Crippen LogP contribution in [0.2, 0.25) is 0 Å². The van der Waals surface area contributed by atoms with Gasteiger partial charge in [-0.05, 0) is 30.2 Å². The Morgan fingerprint density at radius 3 is 2.60 bits per heavy atom. The molecule has 1 fully saturated rings. The molecule has 0 spiro atoms. The molecule has 0 aliphatic heterocycles. The van der Waals surface area contributed by atoms with Crippen LogP contribution in [0.3, 0.4) is 0 Å². The van der Waals surface area contributed by atoms with Crippen LogP contribution in [0, 0.1) is 5.41 Å². The molecule has 0 radical (unpaired) electrons. The van der Waals surface area contributed by atoms with Crippen molar-refractivity contribution in [2.75, 3.05) is 6.54 Å². The van der Waals surface area contributed by atoms with Crippen LogP contribution in [-0.2, 0) is 11.3 Å². The Hall–Kier alpha value is -1.55. The first kappa shape index (κ1) is 14.9. The smallest absolute Gasteiger partial charge is 0.407 e. The Bertz CT molecular complexity index is 458. The molecule has 1 amide bonds. The van der Waals surface area contributed by atoms with Crippen molar-refractivity contribution in [3.8, 4) is 0 Å². The van der Waals surface area contributed by atoms with Crippen molar-refractivity contribution in [1.29, 1.82) is 0 Å². The standard InChI is InChI=1S/C16H23NO3/c1-15(2)9-6-10-16(15,19)12-17-14(18)20-11-13-7-4-3-5-8-13/h3-5,7-8,19H,6,9-12H2,1-2H3,(H,17,18). The third kappa shape index (κ3) is 3.31. The molecule has 20 heavy (non-hydrogen) atoms. The fourth-order valence-electron chi connectivity index (χ4n) is 2.71. The van der Waals surface area contributed by atoms with Crippen molar-refractivity contribution in [3.63, 3.8) is 0 Å². The number of alkyl carbamates (subject to hydrolysis) is 1. The van der Waals surface area contributed by atoms with Gasteiger partial charge in [-0.2, -0.15) is 0 Å². The molecule has 1 saturated carbocycles. The van der Waals surface area contributed by atoms with E-state index in [9.17, 15) is 9.90 Å². The van der Waals surface area contributed by atoms with Gasteiger partial charge in [0.2, 0.25) is 0 Å². The maximum atomic E-state index is 11.7. The number of hydrogen-bond acceptors (Lipinski definition) is 3. The summed E-state index contributed by atoms with van der Waals surface area (Å²) in [5.74, 6) is 0. The second-order valence-corrected chi connectivity index (χ2v) is 6.18. The summed E-state index contributed by atoms with van der Waals surface area (Å²) >= 11 is 0. The first-order valence-corrected chi connectivity index (χ1v) is 7.10. The minimum Gasteiger partial charge on any atom is -0.445 e. The summed E-state index contributed by atoms with van der Waals surface area (Å²) in [5.41, 5.74) is -0.0547. The SMILES string of the molecule is CC1(C)CCCC1(O)CNC(=O)OCc1ccccc1. The predicted molar refractivity (Wildman–Crippen MR) is 77.2 cm³/mol. The van der Waals surface area contributed by atoms with E-state index in [1.54, 1.807) is 0 Å². The van der Waals surface area contributed by atoms with E-state index in [0.29, 0.717) is 0 Å². The van der Waals surface area contributed by atoms with Crippen molar-refractivity contribution in [2.45, 2.75) is 45.3 Å². The number of hydrogen-bond donors (Lipinski definition) is 2. The highest BCUT2D eigenvalue weighted by atomic mass is 16.5. The van der Waals surface area contributed by atoms with E-state index in [0.717, 1.165) is 24.8 Å². The Morgan fingerprint density at radius 1 is 1.30 bits per heavy atom. The van der Waals surface area contributed by atoms with E-state index >= 15 is 0 Å². The molecule has 0 bridgehead atoms.